The molecule has 0 bridgehead atoms. The zero-order valence-corrected chi connectivity index (χ0v) is 17.5. The van der Waals surface area contributed by atoms with Gasteiger partial charge in [-0.1, -0.05) is 67.4 Å². The summed E-state index contributed by atoms with van der Waals surface area (Å²) in [7, 11) is -1.34. The van der Waals surface area contributed by atoms with E-state index in [1.165, 1.54) is 0 Å². The van der Waals surface area contributed by atoms with Gasteiger partial charge in [0.05, 0.1) is 0 Å². The Labute approximate surface area is 169 Å². The Bertz CT molecular complexity index is 1110. The Hall–Kier alpha value is -3.44. The second kappa shape index (κ2) is 8.97. The Morgan fingerprint density at radius 1 is 0.429 bits per heavy atom. The van der Waals surface area contributed by atoms with Crippen LogP contribution in [0.5, 0.6) is 0 Å². The lowest BCUT2D eigenvalue weighted by Crippen LogP contribution is -2.16. The zero-order valence-electron chi connectivity index (χ0n) is 16.5. The fourth-order valence-corrected chi connectivity index (χ4v) is 2.86. The van der Waals surface area contributed by atoms with Gasteiger partial charge in [0.25, 0.3) is 0 Å². The first-order chi connectivity index (χ1) is 13.5. The van der Waals surface area contributed by atoms with Crippen LogP contribution in [-0.4, -0.2) is 8.07 Å². The van der Waals surface area contributed by atoms with Crippen molar-refractivity contribution in [3.05, 3.63) is 107 Å². The van der Waals surface area contributed by atoms with Crippen LogP contribution in [0.3, 0.4) is 0 Å². The quantitative estimate of drug-likeness (QED) is 0.349. The third kappa shape index (κ3) is 6.37. The van der Waals surface area contributed by atoms with Gasteiger partial charge in [0.2, 0.25) is 0 Å². The van der Waals surface area contributed by atoms with Crippen molar-refractivity contribution in [2.45, 2.75) is 19.6 Å². The Balaban J connectivity index is 1.67. The molecule has 0 spiro atoms. The lowest BCUT2D eigenvalue weighted by atomic mass is 10.1. The van der Waals surface area contributed by atoms with Crippen molar-refractivity contribution < 1.29 is 0 Å². The minimum absolute atomic E-state index is 0.980. The van der Waals surface area contributed by atoms with Gasteiger partial charge in [-0.25, -0.2) is 0 Å². The molecule has 0 aliphatic carbocycles. The highest BCUT2D eigenvalue weighted by atomic mass is 28.3. The minimum Gasteiger partial charge on any atom is -0.127 e. The van der Waals surface area contributed by atoms with Crippen LogP contribution in [0.1, 0.15) is 27.8 Å². The molecule has 0 saturated carbocycles. The maximum absolute atomic E-state index is 3.38. The molecule has 3 aromatic rings. The van der Waals surface area contributed by atoms with Crippen LogP contribution in [0.25, 0.3) is 0 Å². The minimum atomic E-state index is -1.34. The molecule has 1 heteroatoms. The van der Waals surface area contributed by atoms with Gasteiger partial charge in [0, 0.05) is 27.8 Å². The molecule has 0 aliphatic heterocycles. The van der Waals surface area contributed by atoms with E-state index in [-0.39, 0.29) is 0 Å². The van der Waals surface area contributed by atoms with E-state index in [0.717, 1.165) is 27.8 Å². The molecule has 3 rings (SSSR count). The monoisotopic (exact) mass is 374 g/mol. The highest BCUT2D eigenvalue weighted by Crippen LogP contribution is 2.06. The summed E-state index contributed by atoms with van der Waals surface area (Å²) in [6, 6.07) is 26.2. The molecule has 28 heavy (non-hydrogen) atoms. The number of hydrogen-bond donors (Lipinski definition) is 0. The molecule has 0 fully saturated rings. The van der Waals surface area contributed by atoms with Gasteiger partial charge < -0.3 is 0 Å². The van der Waals surface area contributed by atoms with Crippen LogP contribution < -0.4 is 0 Å². The molecule has 0 saturated heterocycles. The highest BCUT2D eigenvalue weighted by Gasteiger charge is 2.07. The summed E-state index contributed by atoms with van der Waals surface area (Å²) in [6.45, 7) is 6.75. The normalized spacial score (nSPS) is 9.82. The summed E-state index contributed by atoms with van der Waals surface area (Å²) in [6.07, 6.45) is 0. The Morgan fingerprint density at radius 2 is 0.750 bits per heavy atom. The molecular weight excluding hydrogens is 352 g/mol. The van der Waals surface area contributed by atoms with E-state index < -0.39 is 8.07 Å². The van der Waals surface area contributed by atoms with Gasteiger partial charge in [-0.2, -0.15) is 0 Å². The van der Waals surface area contributed by atoms with E-state index in [1.807, 2.05) is 78.9 Å². The summed E-state index contributed by atoms with van der Waals surface area (Å²) in [5.74, 6) is 16.0. The first-order valence-electron chi connectivity index (χ1n) is 9.30. The standard InChI is InChI=1S/C27H22Si/c1-28(2,3)22-21-27-19-17-26(18-20-27)16-15-25-13-11-24(12-14-25)10-9-23-7-5-4-6-8-23/h4-8,11-14,17-20H,1-3H3. The maximum atomic E-state index is 3.38. The topological polar surface area (TPSA) is 0 Å². The van der Waals surface area contributed by atoms with Crippen molar-refractivity contribution in [3.63, 3.8) is 0 Å². The van der Waals surface area contributed by atoms with Crippen LogP contribution in [0.4, 0.5) is 0 Å². The van der Waals surface area contributed by atoms with E-state index in [1.54, 1.807) is 0 Å². The fraction of sp³-hybridized carbons (Fsp3) is 0.111. The summed E-state index contributed by atoms with van der Waals surface area (Å²) < 4.78 is 0. The van der Waals surface area contributed by atoms with Crippen LogP contribution in [-0.2, 0) is 0 Å². The van der Waals surface area contributed by atoms with E-state index in [4.69, 9.17) is 0 Å². The SMILES string of the molecule is C[Si](C)(C)C#Cc1ccc(C#Cc2ccc(C#Cc3ccccc3)cc2)cc1. The molecule has 0 nitrogen and oxygen atoms in total. The fourth-order valence-electron chi connectivity index (χ4n) is 2.34. The molecule has 0 aromatic heterocycles. The number of benzene rings is 3. The third-order valence-corrected chi connectivity index (χ3v) is 4.70. The molecule has 0 aliphatic rings. The highest BCUT2D eigenvalue weighted by molar-refractivity contribution is 6.83. The molecule has 0 unspecified atom stereocenters. The van der Waals surface area contributed by atoms with Crippen molar-refractivity contribution in [1.82, 2.24) is 0 Å². The van der Waals surface area contributed by atoms with E-state index in [0.29, 0.717) is 0 Å². The molecule has 134 valence electrons. The summed E-state index contributed by atoms with van der Waals surface area (Å²) in [5, 5.41) is 0. The number of rotatable bonds is 0. The molecule has 0 N–H and O–H groups in total. The van der Waals surface area contributed by atoms with Crippen molar-refractivity contribution in [1.29, 1.82) is 0 Å². The summed E-state index contributed by atoms with van der Waals surface area (Å²) in [4.78, 5) is 0. The van der Waals surface area contributed by atoms with Crippen LogP contribution in [0, 0.1) is 35.1 Å². The largest absolute Gasteiger partial charge is 0.129 e. The second-order valence-corrected chi connectivity index (χ2v) is 12.3. The van der Waals surface area contributed by atoms with Crippen LogP contribution >= 0.6 is 0 Å². The summed E-state index contributed by atoms with van der Waals surface area (Å²) in [5.41, 5.74) is 8.41. The van der Waals surface area contributed by atoms with Gasteiger partial charge in [0.1, 0.15) is 8.07 Å². The molecule has 0 heterocycles. The molecule has 0 radical (unpaired) electrons. The molecule has 0 atom stereocenters. The lowest BCUT2D eigenvalue weighted by Gasteiger charge is -2.03. The Kier molecular flexibility index (Phi) is 6.19. The van der Waals surface area contributed by atoms with E-state index in [9.17, 15) is 0 Å². The first-order valence-corrected chi connectivity index (χ1v) is 12.8. The third-order valence-electron chi connectivity index (χ3n) is 3.83. The average molecular weight is 375 g/mol. The van der Waals surface area contributed by atoms with Gasteiger partial charge in [-0.05, 0) is 60.7 Å². The molecule has 0 amide bonds. The summed E-state index contributed by atoms with van der Waals surface area (Å²) >= 11 is 0. The van der Waals surface area contributed by atoms with Crippen molar-refractivity contribution in [2.24, 2.45) is 0 Å². The predicted molar refractivity (Wildman–Crippen MR) is 122 cm³/mol. The predicted octanol–water partition coefficient (Wildman–Crippen LogP) is 5.72. The molecular formula is C27H22Si. The van der Waals surface area contributed by atoms with E-state index in [2.05, 4.69) is 54.8 Å². The second-order valence-electron chi connectivity index (χ2n) is 7.52. The smallest absolute Gasteiger partial charge is 0.127 e. The van der Waals surface area contributed by atoms with Gasteiger partial charge in [0.15, 0.2) is 0 Å². The van der Waals surface area contributed by atoms with Crippen molar-refractivity contribution >= 4 is 8.07 Å². The van der Waals surface area contributed by atoms with Crippen LogP contribution in [0.15, 0.2) is 78.9 Å². The zero-order chi connectivity index (χ0) is 19.8. The van der Waals surface area contributed by atoms with Crippen molar-refractivity contribution in [3.8, 4) is 35.1 Å². The van der Waals surface area contributed by atoms with Crippen molar-refractivity contribution in [2.75, 3.05) is 0 Å². The van der Waals surface area contributed by atoms with Gasteiger partial charge in [-0.3, -0.25) is 0 Å². The van der Waals surface area contributed by atoms with Gasteiger partial charge >= 0.3 is 0 Å². The first kappa shape index (κ1) is 19.3. The number of hydrogen-bond acceptors (Lipinski definition) is 0. The lowest BCUT2D eigenvalue weighted by molar-refractivity contribution is 1.58. The molecule has 3 aromatic carbocycles. The average Bonchev–Trinajstić information content (AvgIpc) is 2.71. The Morgan fingerprint density at radius 3 is 1.11 bits per heavy atom. The van der Waals surface area contributed by atoms with Gasteiger partial charge in [-0.15, -0.1) is 5.54 Å². The van der Waals surface area contributed by atoms with E-state index >= 15 is 0 Å². The van der Waals surface area contributed by atoms with Crippen LogP contribution in [0.2, 0.25) is 19.6 Å². The maximum Gasteiger partial charge on any atom is 0.129 e.